The molecule has 1 rings (SSSR count). The van der Waals surface area contributed by atoms with Gasteiger partial charge in [-0.25, -0.2) is 0 Å². The van der Waals surface area contributed by atoms with Gasteiger partial charge in [-0.2, -0.15) is 0 Å². The summed E-state index contributed by atoms with van der Waals surface area (Å²) in [4.78, 5) is 36.7. The number of H-pyrrole nitrogens is 1. The van der Waals surface area contributed by atoms with Gasteiger partial charge >= 0.3 is 5.97 Å². The topological polar surface area (TPSA) is 99.3 Å². The van der Waals surface area contributed by atoms with E-state index in [9.17, 15) is 14.4 Å². The van der Waals surface area contributed by atoms with Crippen LogP contribution in [0.1, 0.15) is 53.7 Å². The van der Waals surface area contributed by atoms with Crippen molar-refractivity contribution < 1.29 is 14.7 Å². The molecule has 1 aromatic rings. The van der Waals surface area contributed by atoms with Gasteiger partial charge < -0.3 is 15.4 Å². The lowest BCUT2D eigenvalue weighted by atomic mass is 10.1. The number of carboxylic acids is 1. The highest BCUT2D eigenvalue weighted by atomic mass is 16.4. The fourth-order valence-electron chi connectivity index (χ4n) is 2.18. The van der Waals surface area contributed by atoms with E-state index in [1.807, 2.05) is 0 Å². The molecule has 0 saturated heterocycles. The van der Waals surface area contributed by atoms with Crippen LogP contribution >= 0.6 is 0 Å². The number of carboxylic acid groups (broad SMARTS) is 1. The number of carbonyl (C=O) groups is 2. The third-order valence-electron chi connectivity index (χ3n) is 3.20. The summed E-state index contributed by atoms with van der Waals surface area (Å²) in [5.41, 5.74) is 1.18. The van der Waals surface area contributed by atoms with Gasteiger partial charge in [0.15, 0.2) is 0 Å². The minimum absolute atomic E-state index is 0.159. The van der Waals surface area contributed by atoms with Gasteiger partial charge in [0.25, 0.3) is 11.5 Å². The Morgan fingerprint density at radius 1 is 1.19 bits per heavy atom. The number of aryl methyl sites for hydroxylation is 2. The molecule has 0 radical (unpaired) electrons. The predicted molar refractivity (Wildman–Crippen MR) is 79.6 cm³/mol. The molecule has 0 aliphatic carbocycles. The highest BCUT2D eigenvalue weighted by molar-refractivity contribution is 5.95. The first-order valence-corrected chi connectivity index (χ1v) is 7.12. The van der Waals surface area contributed by atoms with Gasteiger partial charge in [0.1, 0.15) is 5.56 Å². The second-order valence-electron chi connectivity index (χ2n) is 5.15. The molecular formula is C15H22N2O4. The maximum atomic E-state index is 12.0. The Morgan fingerprint density at radius 2 is 1.86 bits per heavy atom. The Kier molecular flexibility index (Phi) is 6.65. The molecule has 1 aromatic heterocycles. The van der Waals surface area contributed by atoms with E-state index in [0.29, 0.717) is 18.5 Å². The average Bonchev–Trinajstić information content (AvgIpc) is 2.35. The van der Waals surface area contributed by atoms with Gasteiger partial charge in [-0.3, -0.25) is 14.4 Å². The minimum Gasteiger partial charge on any atom is -0.481 e. The standard InChI is InChI=1S/C15H22N2O4/c1-10-9-11(2)17-15(21)13(10)14(20)16-8-6-4-3-5-7-12(18)19/h9H,3-8H2,1-2H3,(H,16,20)(H,17,21)(H,18,19). The molecule has 3 N–H and O–H groups in total. The van der Waals surface area contributed by atoms with Gasteiger partial charge in [-0.15, -0.1) is 0 Å². The molecule has 0 aromatic carbocycles. The third kappa shape index (κ3) is 5.81. The molecule has 6 nitrogen and oxygen atoms in total. The van der Waals surface area contributed by atoms with E-state index in [0.717, 1.165) is 25.0 Å². The molecule has 0 spiro atoms. The number of pyridine rings is 1. The van der Waals surface area contributed by atoms with Crippen molar-refractivity contribution in [1.82, 2.24) is 10.3 Å². The summed E-state index contributed by atoms with van der Waals surface area (Å²) in [6.45, 7) is 3.99. The van der Waals surface area contributed by atoms with Crippen molar-refractivity contribution in [1.29, 1.82) is 0 Å². The molecule has 1 heterocycles. The zero-order valence-corrected chi connectivity index (χ0v) is 12.5. The first-order chi connectivity index (χ1) is 9.91. The van der Waals surface area contributed by atoms with Crippen LogP contribution in [0.5, 0.6) is 0 Å². The maximum absolute atomic E-state index is 12.0. The van der Waals surface area contributed by atoms with E-state index in [-0.39, 0.29) is 23.5 Å². The number of aromatic amines is 1. The Balaban J connectivity index is 2.35. The summed E-state index contributed by atoms with van der Waals surface area (Å²) in [5.74, 6) is -1.14. The number of carbonyl (C=O) groups excluding carboxylic acids is 1. The number of hydrogen-bond acceptors (Lipinski definition) is 3. The molecule has 0 fully saturated rings. The summed E-state index contributed by atoms with van der Waals surface area (Å²) in [6, 6.07) is 1.77. The van der Waals surface area contributed by atoms with Crippen molar-refractivity contribution in [3.63, 3.8) is 0 Å². The summed E-state index contributed by atoms with van der Waals surface area (Å²) in [7, 11) is 0. The fourth-order valence-corrected chi connectivity index (χ4v) is 2.18. The molecule has 0 atom stereocenters. The lowest BCUT2D eigenvalue weighted by molar-refractivity contribution is -0.137. The van der Waals surface area contributed by atoms with E-state index >= 15 is 0 Å². The maximum Gasteiger partial charge on any atom is 0.303 e. The average molecular weight is 294 g/mol. The Labute approximate surface area is 123 Å². The fraction of sp³-hybridized carbons (Fsp3) is 0.533. The second-order valence-corrected chi connectivity index (χ2v) is 5.15. The van der Waals surface area contributed by atoms with Crippen molar-refractivity contribution in [2.45, 2.75) is 46.0 Å². The highest BCUT2D eigenvalue weighted by Crippen LogP contribution is 2.05. The highest BCUT2D eigenvalue weighted by Gasteiger charge is 2.13. The first kappa shape index (κ1) is 16.9. The van der Waals surface area contributed by atoms with Gasteiger partial charge in [0, 0.05) is 18.7 Å². The third-order valence-corrected chi connectivity index (χ3v) is 3.20. The Bertz CT molecular complexity index is 563. The number of amides is 1. The minimum atomic E-state index is -0.780. The predicted octanol–water partition coefficient (Wildman–Crippen LogP) is 1.76. The lowest BCUT2D eigenvalue weighted by Crippen LogP contribution is -2.31. The number of rotatable bonds is 8. The van der Waals surface area contributed by atoms with Crippen LogP contribution in [0.4, 0.5) is 0 Å². The van der Waals surface area contributed by atoms with Crippen molar-refractivity contribution >= 4 is 11.9 Å². The zero-order valence-electron chi connectivity index (χ0n) is 12.5. The van der Waals surface area contributed by atoms with Gasteiger partial charge in [-0.1, -0.05) is 12.8 Å². The molecule has 0 aliphatic rings. The smallest absolute Gasteiger partial charge is 0.303 e. The van der Waals surface area contributed by atoms with Gasteiger partial charge in [0.2, 0.25) is 0 Å². The molecule has 0 unspecified atom stereocenters. The van der Waals surface area contributed by atoms with Crippen molar-refractivity contribution in [2.75, 3.05) is 6.54 Å². The zero-order chi connectivity index (χ0) is 15.8. The van der Waals surface area contributed by atoms with Gasteiger partial charge in [0.05, 0.1) is 0 Å². The summed E-state index contributed by atoms with van der Waals surface area (Å²) in [5, 5.41) is 11.2. The van der Waals surface area contributed by atoms with Crippen LogP contribution in [-0.2, 0) is 4.79 Å². The number of hydrogen-bond donors (Lipinski definition) is 3. The summed E-state index contributed by atoms with van der Waals surface area (Å²) in [6.07, 6.45) is 3.29. The number of unbranched alkanes of at least 4 members (excludes halogenated alkanes) is 3. The molecule has 21 heavy (non-hydrogen) atoms. The van der Waals surface area contributed by atoms with Crippen LogP contribution in [0.25, 0.3) is 0 Å². The SMILES string of the molecule is Cc1cc(C)c(C(=O)NCCCCCCC(=O)O)c(=O)[nH]1. The van der Waals surface area contributed by atoms with Gasteiger partial charge in [-0.05, 0) is 38.3 Å². The molecule has 116 valence electrons. The van der Waals surface area contributed by atoms with Crippen LogP contribution in [0.2, 0.25) is 0 Å². The normalized spacial score (nSPS) is 10.4. The number of aromatic nitrogens is 1. The molecule has 0 aliphatic heterocycles. The van der Waals surface area contributed by atoms with Crippen LogP contribution in [0.15, 0.2) is 10.9 Å². The Hall–Kier alpha value is -2.11. The molecule has 6 heteroatoms. The van der Waals surface area contributed by atoms with E-state index in [4.69, 9.17) is 5.11 Å². The number of aliphatic carboxylic acids is 1. The van der Waals surface area contributed by atoms with E-state index in [2.05, 4.69) is 10.3 Å². The van der Waals surface area contributed by atoms with E-state index in [1.165, 1.54) is 0 Å². The quantitative estimate of drug-likeness (QED) is 0.636. The largest absolute Gasteiger partial charge is 0.481 e. The lowest BCUT2D eigenvalue weighted by Gasteiger charge is -2.07. The van der Waals surface area contributed by atoms with E-state index < -0.39 is 5.97 Å². The second kappa shape index (κ2) is 8.24. The molecule has 1 amide bonds. The Morgan fingerprint density at radius 3 is 2.48 bits per heavy atom. The van der Waals surface area contributed by atoms with Crippen LogP contribution in [0.3, 0.4) is 0 Å². The monoisotopic (exact) mass is 294 g/mol. The van der Waals surface area contributed by atoms with E-state index in [1.54, 1.807) is 19.9 Å². The summed E-state index contributed by atoms with van der Waals surface area (Å²) >= 11 is 0. The van der Waals surface area contributed by atoms with Crippen molar-refractivity contribution in [2.24, 2.45) is 0 Å². The van der Waals surface area contributed by atoms with Crippen LogP contribution < -0.4 is 10.9 Å². The molecular weight excluding hydrogens is 272 g/mol. The van der Waals surface area contributed by atoms with Crippen LogP contribution in [-0.4, -0.2) is 28.5 Å². The molecule has 0 saturated carbocycles. The first-order valence-electron chi connectivity index (χ1n) is 7.12. The number of nitrogens with one attached hydrogen (secondary N) is 2. The van der Waals surface area contributed by atoms with Crippen molar-refractivity contribution in [3.05, 3.63) is 33.2 Å². The molecule has 0 bridgehead atoms. The van der Waals surface area contributed by atoms with Crippen molar-refractivity contribution in [3.8, 4) is 0 Å². The van der Waals surface area contributed by atoms with Crippen LogP contribution in [0, 0.1) is 13.8 Å². The summed E-state index contributed by atoms with van der Waals surface area (Å²) < 4.78 is 0.